The molecular weight excluding hydrogens is 292 g/mol. The van der Waals surface area contributed by atoms with Gasteiger partial charge in [-0.2, -0.15) is 0 Å². The van der Waals surface area contributed by atoms with Gasteiger partial charge in [-0.15, -0.1) is 0 Å². The Labute approximate surface area is 129 Å². The monoisotopic (exact) mass is 312 g/mol. The van der Waals surface area contributed by atoms with E-state index in [9.17, 15) is 4.79 Å². The Bertz CT molecular complexity index is 510. The van der Waals surface area contributed by atoms with Crippen LogP contribution in [0.4, 0.5) is 5.95 Å². The fraction of sp³-hybridized carbons (Fsp3) is 0.538. The first-order valence-corrected chi connectivity index (χ1v) is 6.85. The molecule has 0 fully saturated rings. The summed E-state index contributed by atoms with van der Waals surface area (Å²) < 4.78 is 9.72. The number of aryl methyl sites for hydroxylation is 1. The van der Waals surface area contributed by atoms with Gasteiger partial charge in [0.25, 0.3) is 0 Å². The Morgan fingerprint density at radius 1 is 1.38 bits per heavy atom. The van der Waals surface area contributed by atoms with Gasteiger partial charge in [-0.05, 0) is 13.0 Å². The summed E-state index contributed by atoms with van der Waals surface area (Å²) >= 11 is 4.95. The summed E-state index contributed by atoms with van der Waals surface area (Å²) in [4.78, 5) is 22.1. The predicted molar refractivity (Wildman–Crippen MR) is 83.4 cm³/mol. The number of hydrogen-bond donors (Lipinski definition) is 1. The maximum Gasteiger partial charge on any atom is 0.307 e. The largest absolute Gasteiger partial charge is 0.469 e. The van der Waals surface area contributed by atoms with Crippen LogP contribution < -0.4 is 10.6 Å². The highest BCUT2D eigenvalue weighted by molar-refractivity contribution is 7.80. The number of methoxy groups -OCH3 is 2. The quantitative estimate of drug-likeness (QED) is 0.546. The van der Waals surface area contributed by atoms with Crippen LogP contribution in [0.25, 0.3) is 0 Å². The van der Waals surface area contributed by atoms with Crippen molar-refractivity contribution in [1.29, 1.82) is 0 Å². The number of esters is 1. The van der Waals surface area contributed by atoms with Gasteiger partial charge in [0.1, 0.15) is 10.7 Å². The molecule has 21 heavy (non-hydrogen) atoms. The van der Waals surface area contributed by atoms with E-state index in [2.05, 4.69) is 14.7 Å². The van der Waals surface area contributed by atoms with Crippen LogP contribution in [0.5, 0.6) is 0 Å². The molecule has 7 nitrogen and oxygen atoms in total. The maximum absolute atomic E-state index is 11.3. The predicted octanol–water partition coefficient (Wildman–Crippen LogP) is 0.435. The van der Waals surface area contributed by atoms with E-state index in [1.165, 1.54) is 7.11 Å². The van der Waals surface area contributed by atoms with E-state index in [0.717, 1.165) is 5.69 Å². The number of ether oxygens (including phenoxy) is 2. The first-order valence-electron chi connectivity index (χ1n) is 6.44. The summed E-state index contributed by atoms with van der Waals surface area (Å²) in [5.74, 6) is 0.179. The molecule has 0 atom stereocenters. The van der Waals surface area contributed by atoms with Crippen molar-refractivity contribution in [3.8, 4) is 0 Å². The van der Waals surface area contributed by atoms with Crippen LogP contribution in [0.2, 0.25) is 0 Å². The fourth-order valence-corrected chi connectivity index (χ4v) is 1.77. The van der Waals surface area contributed by atoms with E-state index in [4.69, 9.17) is 22.7 Å². The number of rotatable bonds is 8. The number of nitrogens with zero attached hydrogens (tertiary/aromatic N) is 3. The van der Waals surface area contributed by atoms with Gasteiger partial charge in [-0.25, -0.2) is 9.97 Å². The molecule has 0 saturated heterocycles. The molecule has 1 aromatic rings. The minimum atomic E-state index is -0.292. The summed E-state index contributed by atoms with van der Waals surface area (Å²) in [5.41, 5.74) is 6.88. The second-order valence-corrected chi connectivity index (χ2v) is 4.80. The van der Waals surface area contributed by atoms with Crippen molar-refractivity contribution in [3.05, 3.63) is 17.5 Å². The van der Waals surface area contributed by atoms with Crippen LogP contribution in [0.3, 0.4) is 0 Å². The Morgan fingerprint density at radius 2 is 2.10 bits per heavy atom. The lowest BCUT2D eigenvalue weighted by atomic mass is 10.3. The summed E-state index contributed by atoms with van der Waals surface area (Å²) in [5, 5.41) is 0. The van der Waals surface area contributed by atoms with Crippen LogP contribution in [0, 0.1) is 6.92 Å². The van der Waals surface area contributed by atoms with E-state index in [1.807, 2.05) is 11.8 Å². The van der Waals surface area contributed by atoms with E-state index in [-0.39, 0.29) is 17.4 Å². The van der Waals surface area contributed by atoms with Crippen molar-refractivity contribution in [2.24, 2.45) is 5.73 Å². The highest BCUT2D eigenvalue weighted by Gasteiger charge is 2.14. The Hall–Kier alpha value is -1.80. The maximum atomic E-state index is 11.3. The van der Waals surface area contributed by atoms with Crippen LogP contribution in [0.15, 0.2) is 6.07 Å². The molecule has 1 rings (SSSR count). The number of carbonyl (C=O) groups excluding carboxylic acids is 1. The molecular formula is C13H20N4O3S. The van der Waals surface area contributed by atoms with Gasteiger partial charge in [0.2, 0.25) is 5.95 Å². The van der Waals surface area contributed by atoms with Gasteiger partial charge < -0.3 is 20.1 Å². The summed E-state index contributed by atoms with van der Waals surface area (Å²) in [6, 6.07) is 1.72. The molecule has 1 heterocycles. The molecule has 8 heteroatoms. The third-order valence-corrected chi connectivity index (χ3v) is 2.97. The van der Waals surface area contributed by atoms with Crippen molar-refractivity contribution in [2.75, 3.05) is 38.8 Å². The zero-order valence-corrected chi connectivity index (χ0v) is 13.3. The Kier molecular flexibility index (Phi) is 6.97. The zero-order chi connectivity index (χ0) is 15.8. The lowest BCUT2D eigenvalue weighted by Crippen LogP contribution is -2.32. The van der Waals surface area contributed by atoms with Gasteiger partial charge in [0, 0.05) is 25.9 Å². The normalized spacial score (nSPS) is 10.2. The van der Waals surface area contributed by atoms with Crippen molar-refractivity contribution >= 4 is 29.1 Å². The number of hydrogen-bond acceptors (Lipinski definition) is 7. The van der Waals surface area contributed by atoms with E-state index < -0.39 is 0 Å². The molecule has 116 valence electrons. The van der Waals surface area contributed by atoms with Gasteiger partial charge >= 0.3 is 5.97 Å². The topological polar surface area (TPSA) is 90.6 Å². The fourth-order valence-electron chi connectivity index (χ4n) is 1.66. The van der Waals surface area contributed by atoms with Gasteiger partial charge in [-0.1, -0.05) is 12.2 Å². The summed E-state index contributed by atoms with van der Waals surface area (Å²) in [6.07, 6.45) is 0.236. The average Bonchev–Trinajstić information content (AvgIpc) is 2.46. The van der Waals surface area contributed by atoms with Crippen molar-refractivity contribution < 1.29 is 14.3 Å². The second kappa shape index (κ2) is 8.48. The molecule has 0 unspecified atom stereocenters. The number of thiocarbonyl (C=S) groups is 1. The highest BCUT2D eigenvalue weighted by atomic mass is 32.1. The molecule has 0 aliphatic carbocycles. The first-order chi connectivity index (χ1) is 9.97. The first kappa shape index (κ1) is 17.3. The van der Waals surface area contributed by atoms with E-state index in [1.54, 1.807) is 13.2 Å². The molecule has 1 aromatic heterocycles. The second-order valence-electron chi connectivity index (χ2n) is 4.36. The number of carbonyl (C=O) groups is 1. The van der Waals surface area contributed by atoms with E-state index in [0.29, 0.717) is 31.3 Å². The van der Waals surface area contributed by atoms with Gasteiger partial charge in [-0.3, -0.25) is 4.79 Å². The molecule has 0 radical (unpaired) electrons. The zero-order valence-electron chi connectivity index (χ0n) is 12.5. The molecule has 0 aliphatic heterocycles. The minimum absolute atomic E-state index is 0.210. The molecule has 0 bridgehead atoms. The number of nitrogens with two attached hydrogens (primary N) is 1. The third kappa shape index (κ3) is 5.60. The van der Waals surface area contributed by atoms with Crippen LogP contribution in [-0.2, 0) is 14.3 Å². The SMILES string of the molecule is COCCN(CCC(=O)OC)c1nc(C)cc(C(N)=S)n1. The molecule has 0 amide bonds. The Morgan fingerprint density at radius 3 is 2.67 bits per heavy atom. The van der Waals surface area contributed by atoms with Gasteiger partial charge in [0.15, 0.2) is 0 Å². The smallest absolute Gasteiger partial charge is 0.307 e. The van der Waals surface area contributed by atoms with E-state index >= 15 is 0 Å². The highest BCUT2D eigenvalue weighted by Crippen LogP contribution is 2.11. The standard InChI is InChI=1S/C13H20N4O3S/c1-9-8-10(12(14)21)16-13(15-9)17(6-7-19-2)5-4-11(18)20-3/h8H,4-7H2,1-3H3,(H2,14,21). The lowest BCUT2D eigenvalue weighted by molar-refractivity contribution is -0.140. The van der Waals surface area contributed by atoms with Crippen molar-refractivity contribution in [1.82, 2.24) is 9.97 Å². The molecule has 2 N–H and O–H groups in total. The van der Waals surface area contributed by atoms with Crippen molar-refractivity contribution in [3.63, 3.8) is 0 Å². The summed E-state index contributed by atoms with van der Waals surface area (Å²) in [6.45, 7) is 3.30. The summed E-state index contributed by atoms with van der Waals surface area (Å²) in [7, 11) is 2.96. The van der Waals surface area contributed by atoms with Crippen LogP contribution in [0.1, 0.15) is 17.8 Å². The minimum Gasteiger partial charge on any atom is -0.469 e. The molecule has 0 aliphatic rings. The molecule has 0 saturated carbocycles. The molecule has 0 spiro atoms. The third-order valence-electron chi connectivity index (χ3n) is 2.76. The average molecular weight is 312 g/mol. The Balaban J connectivity index is 2.95. The van der Waals surface area contributed by atoms with Crippen LogP contribution >= 0.6 is 12.2 Å². The lowest BCUT2D eigenvalue weighted by Gasteiger charge is -2.22. The molecule has 0 aromatic carbocycles. The number of aromatic nitrogens is 2. The van der Waals surface area contributed by atoms with Crippen molar-refractivity contribution in [2.45, 2.75) is 13.3 Å². The van der Waals surface area contributed by atoms with Crippen LogP contribution in [-0.4, -0.2) is 54.8 Å². The number of anilines is 1. The van der Waals surface area contributed by atoms with Gasteiger partial charge in [0.05, 0.1) is 20.1 Å².